The third-order valence-corrected chi connectivity index (χ3v) is 2.75. The van der Waals surface area contributed by atoms with Crippen LogP contribution in [-0.2, 0) is 12.7 Å². The summed E-state index contributed by atoms with van der Waals surface area (Å²) in [6.45, 7) is 2.14. The van der Waals surface area contributed by atoms with Gasteiger partial charge in [-0.05, 0) is 25.1 Å². The molecule has 9 heteroatoms. The van der Waals surface area contributed by atoms with E-state index >= 15 is 0 Å². The lowest BCUT2D eigenvalue weighted by Crippen LogP contribution is -2.38. The largest absolute Gasteiger partial charge is 0.416 e. The van der Waals surface area contributed by atoms with Gasteiger partial charge >= 0.3 is 12.2 Å². The second-order valence-electron chi connectivity index (χ2n) is 4.70. The predicted octanol–water partition coefficient (Wildman–Crippen LogP) is 2.51. The molecule has 0 bridgehead atoms. The van der Waals surface area contributed by atoms with Crippen LogP contribution < -0.4 is 10.6 Å². The number of hydrogen-bond acceptors (Lipinski definition) is 3. The first-order valence-corrected chi connectivity index (χ1v) is 6.42. The van der Waals surface area contributed by atoms with E-state index in [1.807, 2.05) is 0 Å². The van der Waals surface area contributed by atoms with Gasteiger partial charge in [0.2, 0.25) is 0 Å². The second-order valence-corrected chi connectivity index (χ2v) is 4.70. The van der Waals surface area contributed by atoms with Crippen LogP contribution in [0.1, 0.15) is 12.5 Å². The summed E-state index contributed by atoms with van der Waals surface area (Å²) in [5.74, 6) is 0. The van der Waals surface area contributed by atoms with E-state index in [9.17, 15) is 18.0 Å². The Balaban J connectivity index is 1.91. The zero-order chi connectivity index (χ0) is 16.2. The van der Waals surface area contributed by atoms with Crippen LogP contribution in [-0.4, -0.2) is 26.8 Å². The van der Waals surface area contributed by atoms with Crippen molar-refractivity contribution in [2.75, 3.05) is 5.32 Å². The molecule has 0 saturated carbocycles. The molecule has 0 radical (unpaired) electrons. The normalized spacial score (nSPS) is 12.7. The molecule has 0 fully saturated rings. The summed E-state index contributed by atoms with van der Waals surface area (Å²) < 4.78 is 39.3. The Kier molecular flexibility index (Phi) is 4.64. The van der Waals surface area contributed by atoms with E-state index in [4.69, 9.17) is 0 Å². The summed E-state index contributed by atoms with van der Waals surface area (Å²) in [7, 11) is 0. The molecule has 118 valence electrons. The number of alkyl halides is 3. The van der Waals surface area contributed by atoms with E-state index in [2.05, 4.69) is 20.7 Å². The van der Waals surface area contributed by atoms with Crippen LogP contribution in [0.4, 0.5) is 23.7 Å². The van der Waals surface area contributed by atoms with E-state index in [1.54, 1.807) is 6.92 Å². The summed E-state index contributed by atoms with van der Waals surface area (Å²) in [4.78, 5) is 15.5. The molecule has 1 aromatic carbocycles. The van der Waals surface area contributed by atoms with Gasteiger partial charge in [-0.2, -0.15) is 18.3 Å². The van der Waals surface area contributed by atoms with Gasteiger partial charge in [-0.15, -0.1) is 0 Å². The Morgan fingerprint density at radius 2 is 2.18 bits per heavy atom. The number of carbonyl (C=O) groups excluding carboxylic acids is 1. The van der Waals surface area contributed by atoms with Crippen molar-refractivity contribution in [1.29, 1.82) is 0 Å². The van der Waals surface area contributed by atoms with Gasteiger partial charge < -0.3 is 10.6 Å². The van der Waals surface area contributed by atoms with Gasteiger partial charge in [-0.3, -0.25) is 4.68 Å². The fraction of sp³-hybridized carbons (Fsp3) is 0.308. The third-order valence-electron chi connectivity index (χ3n) is 2.75. The number of hydrogen-bond donors (Lipinski definition) is 2. The summed E-state index contributed by atoms with van der Waals surface area (Å²) in [5, 5.41) is 8.87. The molecule has 1 aromatic heterocycles. The Morgan fingerprint density at radius 1 is 1.41 bits per heavy atom. The first-order valence-electron chi connectivity index (χ1n) is 6.42. The number of anilines is 1. The van der Waals surface area contributed by atoms with Crippen LogP contribution in [0, 0.1) is 0 Å². The van der Waals surface area contributed by atoms with Gasteiger partial charge in [0.15, 0.2) is 0 Å². The number of nitrogens with zero attached hydrogens (tertiary/aromatic N) is 3. The highest BCUT2D eigenvalue weighted by molar-refractivity contribution is 5.89. The molecule has 2 aromatic rings. The highest BCUT2D eigenvalue weighted by Crippen LogP contribution is 2.30. The fourth-order valence-electron chi connectivity index (χ4n) is 1.82. The Labute approximate surface area is 124 Å². The van der Waals surface area contributed by atoms with Crippen molar-refractivity contribution >= 4 is 11.7 Å². The number of aromatic nitrogens is 3. The maximum absolute atomic E-state index is 12.6. The average Bonchev–Trinajstić information content (AvgIpc) is 2.90. The van der Waals surface area contributed by atoms with Crippen LogP contribution >= 0.6 is 0 Å². The summed E-state index contributed by atoms with van der Waals surface area (Å²) >= 11 is 0. The number of amides is 2. The smallest absolute Gasteiger partial charge is 0.334 e. The molecule has 0 saturated heterocycles. The van der Waals surface area contributed by atoms with Crippen molar-refractivity contribution in [2.24, 2.45) is 0 Å². The third kappa shape index (κ3) is 4.47. The number of benzene rings is 1. The molecular weight excluding hydrogens is 299 g/mol. The molecule has 6 nitrogen and oxygen atoms in total. The molecule has 0 aliphatic rings. The average molecular weight is 313 g/mol. The molecule has 2 N–H and O–H groups in total. The van der Waals surface area contributed by atoms with E-state index in [1.165, 1.54) is 29.5 Å². The predicted molar refractivity (Wildman–Crippen MR) is 73.1 cm³/mol. The fourth-order valence-corrected chi connectivity index (χ4v) is 1.82. The molecule has 2 amide bonds. The number of halogens is 3. The van der Waals surface area contributed by atoms with Crippen LogP contribution in [0.5, 0.6) is 0 Å². The lowest BCUT2D eigenvalue weighted by atomic mass is 10.2. The Hall–Kier alpha value is -2.58. The van der Waals surface area contributed by atoms with Gasteiger partial charge in [0.25, 0.3) is 0 Å². The van der Waals surface area contributed by atoms with Crippen molar-refractivity contribution in [3.63, 3.8) is 0 Å². The highest BCUT2D eigenvalue weighted by atomic mass is 19.4. The summed E-state index contributed by atoms with van der Waals surface area (Å²) in [6, 6.07) is 3.58. The van der Waals surface area contributed by atoms with E-state index in [0.29, 0.717) is 6.54 Å². The van der Waals surface area contributed by atoms with E-state index < -0.39 is 17.8 Å². The Morgan fingerprint density at radius 3 is 2.82 bits per heavy atom. The lowest BCUT2D eigenvalue weighted by Gasteiger charge is -2.15. The van der Waals surface area contributed by atoms with Gasteiger partial charge in [-0.1, -0.05) is 6.07 Å². The van der Waals surface area contributed by atoms with Crippen LogP contribution in [0.2, 0.25) is 0 Å². The SMILES string of the molecule is CC(Cn1cncn1)NC(=O)Nc1cccc(C(F)(F)F)c1. The van der Waals surface area contributed by atoms with Crippen LogP contribution in [0.3, 0.4) is 0 Å². The number of nitrogens with one attached hydrogen (secondary N) is 2. The van der Waals surface area contributed by atoms with Crippen LogP contribution in [0.15, 0.2) is 36.9 Å². The van der Waals surface area contributed by atoms with Crippen LogP contribution in [0.25, 0.3) is 0 Å². The second kappa shape index (κ2) is 6.46. The molecule has 0 spiro atoms. The minimum Gasteiger partial charge on any atom is -0.334 e. The number of urea groups is 1. The monoisotopic (exact) mass is 313 g/mol. The molecule has 1 unspecified atom stereocenters. The minimum atomic E-state index is -4.45. The maximum Gasteiger partial charge on any atom is 0.416 e. The maximum atomic E-state index is 12.6. The number of carbonyl (C=O) groups is 1. The molecule has 0 aliphatic carbocycles. The van der Waals surface area contributed by atoms with E-state index in [-0.39, 0.29) is 11.7 Å². The molecular formula is C13H14F3N5O. The van der Waals surface area contributed by atoms with Crippen molar-refractivity contribution in [3.05, 3.63) is 42.5 Å². The highest BCUT2D eigenvalue weighted by Gasteiger charge is 2.30. The molecule has 22 heavy (non-hydrogen) atoms. The number of rotatable bonds is 4. The van der Waals surface area contributed by atoms with E-state index in [0.717, 1.165) is 12.1 Å². The zero-order valence-electron chi connectivity index (χ0n) is 11.6. The van der Waals surface area contributed by atoms with Gasteiger partial charge in [-0.25, -0.2) is 9.78 Å². The Bertz CT molecular complexity index is 627. The van der Waals surface area contributed by atoms with Crippen molar-refractivity contribution in [1.82, 2.24) is 20.1 Å². The molecule has 1 heterocycles. The molecule has 2 rings (SSSR count). The van der Waals surface area contributed by atoms with Crippen molar-refractivity contribution < 1.29 is 18.0 Å². The first kappa shape index (κ1) is 15.8. The topological polar surface area (TPSA) is 71.8 Å². The molecule has 0 aliphatic heterocycles. The van der Waals surface area contributed by atoms with Crippen molar-refractivity contribution in [2.45, 2.75) is 25.7 Å². The minimum absolute atomic E-state index is 0.0697. The lowest BCUT2D eigenvalue weighted by molar-refractivity contribution is -0.137. The first-order chi connectivity index (χ1) is 10.3. The van der Waals surface area contributed by atoms with Gasteiger partial charge in [0.1, 0.15) is 12.7 Å². The van der Waals surface area contributed by atoms with Crippen molar-refractivity contribution in [3.8, 4) is 0 Å². The summed E-state index contributed by atoms with van der Waals surface area (Å²) in [5.41, 5.74) is -0.749. The molecule has 1 atom stereocenters. The standard InChI is InChI=1S/C13H14F3N5O/c1-9(6-21-8-17-7-18-21)19-12(22)20-11-4-2-3-10(5-11)13(14,15)16/h2-5,7-9H,6H2,1H3,(H2,19,20,22). The van der Waals surface area contributed by atoms with Gasteiger partial charge in [0.05, 0.1) is 12.1 Å². The zero-order valence-corrected chi connectivity index (χ0v) is 11.6. The quantitative estimate of drug-likeness (QED) is 0.911. The van der Waals surface area contributed by atoms with Gasteiger partial charge in [0, 0.05) is 11.7 Å². The summed E-state index contributed by atoms with van der Waals surface area (Å²) in [6.07, 6.45) is -1.58.